The molecule has 2 aromatic carbocycles. The quantitative estimate of drug-likeness (QED) is 0.772. The molecule has 0 aliphatic heterocycles. The van der Waals surface area contributed by atoms with Gasteiger partial charge in [-0.15, -0.1) is 0 Å². The summed E-state index contributed by atoms with van der Waals surface area (Å²) in [7, 11) is 0. The number of ether oxygens (including phenoxy) is 1. The normalized spacial score (nSPS) is 10.3. The van der Waals surface area contributed by atoms with E-state index in [0.717, 1.165) is 6.07 Å². The maximum atomic E-state index is 13.4. The Kier molecular flexibility index (Phi) is 3.60. The standard InChI is InChI=1S/C15H12F2O2/c1-9-3-5-12(8-14(9)17)19-15-6-4-11(16)7-13(15)10(2)18/h3-8H,1-2H3. The van der Waals surface area contributed by atoms with Gasteiger partial charge in [0.05, 0.1) is 5.56 Å². The maximum Gasteiger partial charge on any atom is 0.163 e. The molecule has 0 radical (unpaired) electrons. The molecule has 0 bridgehead atoms. The zero-order chi connectivity index (χ0) is 14.0. The Labute approximate surface area is 109 Å². The van der Waals surface area contributed by atoms with E-state index in [9.17, 15) is 13.6 Å². The van der Waals surface area contributed by atoms with E-state index in [4.69, 9.17) is 4.74 Å². The zero-order valence-electron chi connectivity index (χ0n) is 10.5. The Balaban J connectivity index is 2.37. The number of hydrogen-bond acceptors (Lipinski definition) is 2. The Morgan fingerprint density at radius 2 is 1.84 bits per heavy atom. The van der Waals surface area contributed by atoms with Crippen LogP contribution in [0.5, 0.6) is 11.5 Å². The van der Waals surface area contributed by atoms with E-state index in [1.165, 1.54) is 25.1 Å². The van der Waals surface area contributed by atoms with Crippen LogP contribution in [0.25, 0.3) is 0 Å². The molecule has 0 unspecified atom stereocenters. The van der Waals surface area contributed by atoms with Gasteiger partial charge in [0.1, 0.15) is 23.1 Å². The van der Waals surface area contributed by atoms with E-state index < -0.39 is 11.6 Å². The molecule has 0 aliphatic carbocycles. The van der Waals surface area contributed by atoms with Crippen LogP contribution in [0.3, 0.4) is 0 Å². The molecule has 98 valence electrons. The van der Waals surface area contributed by atoms with E-state index in [-0.39, 0.29) is 22.8 Å². The number of ketones is 1. The number of rotatable bonds is 3. The molecule has 0 heterocycles. The Morgan fingerprint density at radius 3 is 2.47 bits per heavy atom. The summed E-state index contributed by atoms with van der Waals surface area (Å²) in [4.78, 5) is 11.4. The van der Waals surface area contributed by atoms with Crippen LogP contribution in [0.2, 0.25) is 0 Å². The molecule has 0 aromatic heterocycles. The summed E-state index contributed by atoms with van der Waals surface area (Å²) in [5, 5.41) is 0. The Hall–Kier alpha value is -2.23. The van der Waals surface area contributed by atoms with E-state index in [2.05, 4.69) is 0 Å². The number of hydrogen-bond donors (Lipinski definition) is 0. The van der Waals surface area contributed by atoms with Crippen LogP contribution >= 0.6 is 0 Å². The first-order chi connectivity index (χ1) is 8.97. The van der Waals surface area contributed by atoms with Gasteiger partial charge in [0.25, 0.3) is 0 Å². The first-order valence-electron chi connectivity index (χ1n) is 5.72. The van der Waals surface area contributed by atoms with Gasteiger partial charge in [-0.25, -0.2) is 8.78 Å². The summed E-state index contributed by atoms with van der Waals surface area (Å²) in [6.07, 6.45) is 0. The summed E-state index contributed by atoms with van der Waals surface area (Å²) in [5.41, 5.74) is 0.624. The van der Waals surface area contributed by atoms with Crippen molar-refractivity contribution in [3.05, 3.63) is 59.2 Å². The minimum absolute atomic E-state index is 0.126. The first kappa shape index (κ1) is 13.2. The average Bonchev–Trinajstić information content (AvgIpc) is 2.36. The molecular weight excluding hydrogens is 250 g/mol. The number of carbonyl (C=O) groups excluding carboxylic acids is 1. The maximum absolute atomic E-state index is 13.4. The van der Waals surface area contributed by atoms with Crippen molar-refractivity contribution in [3.8, 4) is 11.5 Å². The second kappa shape index (κ2) is 5.18. The summed E-state index contributed by atoms with van der Waals surface area (Å²) in [6.45, 7) is 2.95. The topological polar surface area (TPSA) is 26.3 Å². The second-order valence-corrected chi connectivity index (χ2v) is 4.21. The van der Waals surface area contributed by atoms with Crippen molar-refractivity contribution in [3.63, 3.8) is 0 Å². The van der Waals surface area contributed by atoms with Gasteiger partial charge in [-0.3, -0.25) is 4.79 Å². The largest absolute Gasteiger partial charge is 0.457 e. The minimum atomic E-state index is -0.521. The van der Waals surface area contributed by atoms with Crippen molar-refractivity contribution in [1.82, 2.24) is 0 Å². The second-order valence-electron chi connectivity index (χ2n) is 4.21. The number of halogens is 2. The lowest BCUT2D eigenvalue weighted by Gasteiger charge is -2.10. The summed E-state index contributed by atoms with van der Waals surface area (Å²) >= 11 is 0. The summed E-state index contributed by atoms with van der Waals surface area (Å²) in [6, 6.07) is 8.02. The van der Waals surface area contributed by atoms with Gasteiger partial charge in [-0.2, -0.15) is 0 Å². The predicted molar refractivity (Wildman–Crippen MR) is 67.6 cm³/mol. The smallest absolute Gasteiger partial charge is 0.163 e. The molecule has 2 nitrogen and oxygen atoms in total. The molecule has 2 rings (SSSR count). The highest BCUT2D eigenvalue weighted by Crippen LogP contribution is 2.27. The van der Waals surface area contributed by atoms with E-state index >= 15 is 0 Å². The van der Waals surface area contributed by atoms with Crippen LogP contribution in [-0.2, 0) is 0 Å². The van der Waals surface area contributed by atoms with Crippen LogP contribution in [0.4, 0.5) is 8.78 Å². The average molecular weight is 262 g/mol. The van der Waals surface area contributed by atoms with Gasteiger partial charge in [0.2, 0.25) is 0 Å². The minimum Gasteiger partial charge on any atom is -0.457 e. The van der Waals surface area contributed by atoms with Crippen molar-refractivity contribution >= 4 is 5.78 Å². The Morgan fingerprint density at radius 1 is 1.11 bits per heavy atom. The number of carbonyl (C=O) groups is 1. The fourth-order valence-electron chi connectivity index (χ4n) is 1.63. The first-order valence-corrected chi connectivity index (χ1v) is 5.72. The number of Topliss-reactive ketones (excluding diaryl/α,β-unsaturated/α-hetero) is 1. The van der Waals surface area contributed by atoms with Gasteiger partial charge in [-0.05, 0) is 43.7 Å². The summed E-state index contributed by atoms with van der Waals surface area (Å²) in [5.74, 6) is -0.770. The highest BCUT2D eigenvalue weighted by atomic mass is 19.1. The van der Waals surface area contributed by atoms with Crippen molar-refractivity contribution < 1.29 is 18.3 Å². The molecule has 19 heavy (non-hydrogen) atoms. The molecule has 0 fully saturated rings. The lowest BCUT2D eigenvalue weighted by atomic mass is 10.1. The number of aryl methyl sites for hydroxylation is 1. The molecule has 0 spiro atoms. The molecule has 0 aliphatic rings. The van der Waals surface area contributed by atoms with Crippen molar-refractivity contribution in [2.24, 2.45) is 0 Å². The van der Waals surface area contributed by atoms with Crippen LogP contribution < -0.4 is 4.74 Å². The van der Waals surface area contributed by atoms with Crippen LogP contribution in [0.1, 0.15) is 22.8 Å². The molecule has 0 saturated carbocycles. The monoisotopic (exact) mass is 262 g/mol. The van der Waals surface area contributed by atoms with Gasteiger partial charge < -0.3 is 4.74 Å². The van der Waals surface area contributed by atoms with Gasteiger partial charge >= 0.3 is 0 Å². The lowest BCUT2D eigenvalue weighted by molar-refractivity contribution is 0.101. The van der Waals surface area contributed by atoms with Crippen LogP contribution in [-0.4, -0.2) is 5.78 Å². The van der Waals surface area contributed by atoms with Gasteiger partial charge in [0, 0.05) is 6.07 Å². The van der Waals surface area contributed by atoms with E-state index in [0.29, 0.717) is 5.56 Å². The molecule has 0 amide bonds. The highest BCUT2D eigenvalue weighted by molar-refractivity contribution is 5.96. The third kappa shape index (κ3) is 2.96. The van der Waals surface area contributed by atoms with Gasteiger partial charge in [0.15, 0.2) is 5.78 Å². The van der Waals surface area contributed by atoms with Crippen LogP contribution in [0, 0.1) is 18.6 Å². The molecule has 2 aromatic rings. The van der Waals surface area contributed by atoms with E-state index in [1.54, 1.807) is 19.1 Å². The number of benzene rings is 2. The van der Waals surface area contributed by atoms with Gasteiger partial charge in [-0.1, -0.05) is 6.07 Å². The molecule has 0 N–H and O–H groups in total. The van der Waals surface area contributed by atoms with Crippen molar-refractivity contribution in [2.75, 3.05) is 0 Å². The molecule has 0 atom stereocenters. The van der Waals surface area contributed by atoms with Crippen LogP contribution in [0.15, 0.2) is 36.4 Å². The highest BCUT2D eigenvalue weighted by Gasteiger charge is 2.11. The lowest BCUT2D eigenvalue weighted by Crippen LogP contribution is -1.98. The predicted octanol–water partition coefficient (Wildman–Crippen LogP) is 4.27. The Bertz CT molecular complexity index is 636. The van der Waals surface area contributed by atoms with Crippen molar-refractivity contribution in [1.29, 1.82) is 0 Å². The molecule has 4 heteroatoms. The summed E-state index contributed by atoms with van der Waals surface area (Å²) < 4.78 is 31.9. The fraction of sp³-hybridized carbons (Fsp3) is 0.133. The molecular formula is C15H12F2O2. The fourth-order valence-corrected chi connectivity index (χ4v) is 1.63. The SMILES string of the molecule is CC(=O)c1cc(F)ccc1Oc1ccc(C)c(F)c1. The third-order valence-corrected chi connectivity index (χ3v) is 2.69. The van der Waals surface area contributed by atoms with Crippen molar-refractivity contribution in [2.45, 2.75) is 13.8 Å². The third-order valence-electron chi connectivity index (χ3n) is 2.69. The zero-order valence-corrected chi connectivity index (χ0v) is 10.5. The van der Waals surface area contributed by atoms with E-state index in [1.807, 2.05) is 0 Å². The molecule has 0 saturated heterocycles.